The number of nitrogens with zero attached hydrogens (tertiary/aromatic N) is 2. The van der Waals surface area contributed by atoms with Gasteiger partial charge in [0.2, 0.25) is 0 Å². The molecule has 26 heavy (non-hydrogen) atoms. The minimum Gasteiger partial charge on any atom is -0.494 e. The summed E-state index contributed by atoms with van der Waals surface area (Å²) in [6.07, 6.45) is 2.20. The second-order valence-electron chi connectivity index (χ2n) is 5.99. The maximum atomic E-state index is 12.7. The van der Waals surface area contributed by atoms with E-state index in [1.807, 2.05) is 31.2 Å². The molecule has 2 aromatic heterocycles. The van der Waals surface area contributed by atoms with Crippen molar-refractivity contribution in [2.75, 3.05) is 13.7 Å². The first-order valence-electron chi connectivity index (χ1n) is 8.27. The number of aryl methyl sites for hydroxylation is 3. The van der Waals surface area contributed by atoms with Gasteiger partial charge in [-0.15, -0.1) is 11.3 Å². The number of aromatic nitrogens is 2. The van der Waals surface area contributed by atoms with Crippen LogP contribution in [-0.2, 0) is 11.3 Å². The minimum absolute atomic E-state index is 0.144. The van der Waals surface area contributed by atoms with Crippen molar-refractivity contribution in [1.29, 1.82) is 0 Å². The molecule has 0 saturated carbocycles. The van der Waals surface area contributed by atoms with Crippen LogP contribution >= 0.6 is 11.3 Å². The number of esters is 1. The monoisotopic (exact) mass is 372 g/mol. The average Bonchev–Trinajstić information content (AvgIpc) is 2.98. The second kappa shape index (κ2) is 7.70. The highest BCUT2D eigenvalue weighted by molar-refractivity contribution is 7.20. The number of fused-ring (bicyclic) bond motifs is 1. The highest BCUT2D eigenvalue weighted by Crippen LogP contribution is 2.27. The van der Waals surface area contributed by atoms with Gasteiger partial charge in [-0.25, -0.2) is 9.78 Å². The summed E-state index contributed by atoms with van der Waals surface area (Å²) in [5, 5.41) is 0.484. The van der Waals surface area contributed by atoms with Crippen LogP contribution in [0.2, 0.25) is 0 Å². The van der Waals surface area contributed by atoms with Gasteiger partial charge >= 0.3 is 5.97 Å². The van der Waals surface area contributed by atoms with Crippen LogP contribution in [0.5, 0.6) is 5.75 Å². The number of thiophene rings is 1. The molecular formula is C19H20N2O4S. The first kappa shape index (κ1) is 18.1. The molecule has 136 valence electrons. The Morgan fingerprint density at radius 3 is 2.65 bits per heavy atom. The Labute approximate surface area is 155 Å². The summed E-state index contributed by atoms with van der Waals surface area (Å²) in [5.74, 6) is 0.371. The van der Waals surface area contributed by atoms with Gasteiger partial charge in [0.25, 0.3) is 5.56 Å². The predicted octanol–water partition coefficient (Wildman–Crippen LogP) is 3.33. The lowest BCUT2D eigenvalue weighted by Crippen LogP contribution is -2.21. The van der Waals surface area contributed by atoms with E-state index in [1.165, 1.54) is 30.3 Å². The zero-order valence-electron chi connectivity index (χ0n) is 14.9. The lowest BCUT2D eigenvalue weighted by molar-refractivity contribution is 0.0605. The van der Waals surface area contributed by atoms with Gasteiger partial charge in [-0.3, -0.25) is 9.36 Å². The standard InChI is InChI=1S/C19H20N2O4S/c1-12-5-7-14(8-6-12)25-10-4-9-21-11-20-17-15(18(21)22)13(2)16(26-17)19(23)24-3/h5-8,11H,4,9-10H2,1-3H3. The van der Waals surface area contributed by atoms with Gasteiger partial charge in [0.1, 0.15) is 15.5 Å². The summed E-state index contributed by atoms with van der Waals surface area (Å²) >= 11 is 1.18. The predicted molar refractivity (Wildman–Crippen MR) is 101 cm³/mol. The van der Waals surface area contributed by atoms with Gasteiger partial charge in [0, 0.05) is 6.54 Å². The molecule has 1 aromatic carbocycles. The third-order valence-corrected chi connectivity index (χ3v) is 5.30. The number of hydrogen-bond donors (Lipinski definition) is 0. The van der Waals surface area contributed by atoms with Gasteiger partial charge in [-0.2, -0.15) is 0 Å². The Morgan fingerprint density at radius 2 is 1.96 bits per heavy atom. The van der Waals surface area contributed by atoms with Gasteiger partial charge < -0.3 is 9.47 Å². The Bertz CT molecular complexity index is 989. The quantitative estimate of drug-likeness (QED) is 0.490. The van der Waals surface area contributed by atoms with E-state index in [1.54, 1.807) is 11.5 Å². The lowest BCUT2D eigenvalue weighted by atomic mass is 10.2. The van der Waals surface area contributed by atoms with E-state index in [0.717, 1.165) is 5.75 Å². The van der Waals surface area contributed by atoms with E-state index in [-0.39, 0.29) is 5.56 Å². The third kappa shape index (κ3) is 3.62. The number of methoxy groups -OCH3 is 1. The summed E-state index contributed by atoms with van der Waals surface area (Å²) in [7, 11) is 1.33. The van der Waals surface area contributed by atoms with Crippen LogP contribution in [0.15, 0.2) is 35.4 Å². The van der Waals surface area contributed by atoms with Crippen molar-refractivity contribution in [1.82, 2.24) is 9.55 Å². The molecule has 0 aliphatic heterocycles. The number of carbonyl (C=O) groups is 1. The fraction of sp³-hybridized carbons (Fsp3) is 0.316. The van der Waals surface area contributed by atoms with Crippen LogP contribution in [0.4, 0.5) is 0 Å². The zero-order chi connectivity index (χ0) is 18.7. The molecule has 0 amide bonds. The zero-order valence-corrected chi connectivity index (χ0v) is 15.8. The van der Waals surface area contributed by atoms with Crippen LogP contribution in [0, 0.1) is 13.8 Å². The minimum atomic E-state index is -0.442. The van der Waals surface area contributed by atoms with Crippen molar-refractivity contribution in [2.45, 2.75) is 26.8 Å². The van der Waals surface area contributed by atoms with Crippen molar-refractivity contribution in [3.8, 4) is 5.75 Å². The highest BCUT2D eigenvalue weighted by atomic mass is 32.1. The van der Waals surface area contributed by atoms with Crippen LogP contribution in [0.3, 0.4) is 0 Å². The van der Waals surface area contributed by atoms with Crippen molar-refractivity contribution < 1.29 is 14.3 Å². The van der Waals surface area contributed by atoms with Crippen molar-refractivity contribution in [3.05, 3.63) is 57.0 Å². The molecule has 0 N–H and O–H groups in total. The topological polar surface area (TPSA) is 70.4 Å². The van der Waals surface area contributed by atoms with E-state index >= 15 is 0 Å². The SMILES string of the molecule is COC(=O)c1sc2ncn(CCCOc3ccc(C)cc3)c(=O)c2c1C. The van der Waals surface area contributed by atoms with E-state index in [9.17, 15) is 9.59 Å². The van der Waals surface area contributed by atoms with Crippen LogP contribution < -0.4 is 10.3 Å². The molecule has 0 aliphatic carbocycles. The smallest absolute Gasteiger partial charge is 0.348 e. The number of carbonyl (C=O) groups excluding carboxylic acids is 1. The molecular weight excluding hydrogens is 352 g/mol. The van der Waals surface area contributed by atoms with Gasteiger partial charge in [0.15, 0.2) is 0 Å². The van der Waals surface area contributed by atoms with Crippen LogP contribution in [0.1, 0.15) is 27.2 Å². The van der Waals surface area contributed by atoms with Gasteiger partial charge in [-0.05, 0) is 38.0 Å². The molecule has 3 rings (SSSR count). The summed E-state index contributed by atoms with van der Waals surface area (Å²) in [6, 6.07) is 7.85. The van der Waals surface area contributed by atoms with Crippen molar-refractivity contribution in [3.63, 3.8) is 0 Å². The summed E-state index contributed by atoms with van der Waals surface area (Å²) < 4.78 is 12.0. The Hall–Kier alpha value is -2.67. The van der Waals surface area contributed by atoms with Crippen molar-refractivity contribution in [2.24, 2.45) is 0 Å². The normalized spacial score (nSPS) is 10.9. The van der Waals surface area contributed by atoms with Crippen LogP contribution in [0.25, 0.3) is 10.2 Å². The molecule has 0 spiro atoms. The molecule has 0 atom stereocenters. The van der Waals surface area contributed by atoms with Gasteiger partial charge in [0.05, 0.1) is 25.4 Å². The third-order valence-electron chi connectivity index (χ3n) is 4.12. The first-order valence-corrected chi connectivity index (χ1v) is 9.09. The molecule has 0 saturated heterocycles. The highest BCUT2D eigenvalue weighted by Gasteiger charge is 2.19. The lowest BCUT2D eigenvalue weighted by Gasteiger charge is -2.08. The molecule has 0 unspecified atom stereocenters. The van der Waals surface area contributed by atoms with E-state index in [2.05, 4.69) is 4.98 Å². The fourth-order valence-corrected chi connectivity index (χ4v) is 3.72. The van der Waals surface area contributed by atoms with E-state index < -0.39 is 5.97 Å². The van der Waals surface area contributed by atoms with E-state index in [4.69, 9.17) is 9.47 Å². The van der Waals surface area contributed by atoms with Crippen molar-refractivity contribution >= 4 is 27.5 Å². The maximum Gasteiger partial charge on any atom is 0.348 e. The average molecular weight is 372 g/mol. The van der Waals surface area contributed by atoms with E-state index in [0.29, 0.717) is 40.2 Å². The Morgan fingerprint density at radius 1 is 1.23 bits per heavy atom. The molecule has 0 fully saturated rings. The molecule has 3 aromatic rings. The number of benzene rings is 1. The second-order valence-corrected chi connectivity index (χ2v) is 6.99. The molecule has 0 bridgehead atoms. The summed E-state index contributed by atoms with van der Waals surface area (Å²) in [4.78, 5) is 29.8. The molecule has 2 heterocycles. The largest absolute Gasteiger partial charge is 0.494 e. The summed E-state index contributed by atoms with van der Waals surface area (Å²) in [6.45, 7) is 4.77. The van der Waals surface area contributed by atoms with Gasteiger partial charge in [-0.1, -0.05) is 17.7 Å². The molecule has 0 radical (unpaired) electrons. The summed E-state index contributed by atoms with van der Waals surface area (Å²) in [5.41, 5.74) is 1.66. The first-order chi connectivity index (χ1) is 12.5. The maximum absolute atomic E-state index is 12.7. The number of rotatable bonds is 6. The number of hydrogen-bond acceptors (Lipinski definition) is 6. The fourth-order valence-electron chi connectivity index (χ4n) is 2.67. The molecule has 0 aliphatic rings. The van der Waals surface area contributed by atoms with Crippen LogP contribution in [-0.4, -0.2) is 29.2 Å². The molecule has 7 heteroatoms. The Balaban J connectivity index is 1.71. The molecule has 6 nitrogen and oxygen atoms in total. The Kier molecular flexibility index (Phi) is 5.37. The number of ether oxygens (including phenoxy) is 2.